The third-order valence-electron chi connectivity index (χ3n) is 2.78. The number of benzene rings is 2. The van der Waals surface area contributed by atoms with Gasteiger partial charge in [0.25, 0.3) is 0 Å². The average Bonchev–Trinajstić information content (AvgIpc) is 2.54. The van der Waals surface area contributed by atoms with E-state index in [9.17, 15) is 9.18 Å². The third-order valence-corrected chi connectivity index (χ3v) is 2.78. The zero-order valence-corrected chi connectivity index (χ0v) is 12.0. The molecule has 0 fully saturated rings. The molecule has 0 bridgehead atoms. The lowest BCUT2D eigenvalue weighted by atomic mass is 10.2. The number of hydrogen-bond donors (Lipinski definition) is 2. The largest absolute Gasteiger partial charge is 0.497 e. The van der Waals surface area contributed by atoms with Gasteiger partial charge in [-0.1, -0.05) is 24.0 Å². The molecule has 2 rings (SSSR count). The summed E-state index contributed by atoms with van der Waals surface area (Å²) in [5.41, 5.74) is 0.945. The highest BCUT2D eigenvalue weighted by atomic mass is 19.1. The molecule has 0 aliphatic rings. The second-order valence-electron chi connectivity index (χ2n) is 4.32. The molecule has 0 radical (unpaired) electrons. The molecule has 4 nitrogen and oxygen atoms in total. The number of carbonyl (C=O) groups excluding carboxylic acids is 1. The second kappa shape index (κ2) is 7.70. The van der Waals surface area contributed by atoms with Crippen molar-refractivity contribution in [2.45, 2.75) is 0 Å². The Morgan fingerprint density at radius 2 is 1.91 bits per heavy atom. The molecule has 2 aromatic carbocycles. The van der Waals surface area contributed by atoms with Crippen molar-refractivity contribution in [3.63, 3.8) is 0 Å². The van der Waals surface area contributed by atoms with Crippen molar-refractivity contribution in [1.29, 1.82) is 0 Å². The molecule has 0 atom stereocenters. The Labute approximate surface area is 128 Å². The van der Waals surface area contributed by atoms with E-state index in [0.29, 0.717) is 0 Å². The maximum absolute atomic E-state index is 13.3. The van der Waals surface area contributed by atoms with Crippen molar-refractivity contribution in [3.05, 3.63) is 59.9 Å². The zero-order chi connectivity index (χ0) is 15.8. The average molecular weight is 298 g/mol. The molecule has 0 unspecified atom stereocenters. The number of urea groups is 1. The number of amides is 2. The Morgan fingerprint density at radius 3 is 2.59 bits per heavy atom. The summed E-state index contributed by atoms with van der Waals surface area (Å²) in [6, 6.07) is 12.7. The molecular formula is C17H15FN2O2. The Balaban J connectivity index is 1.82. The van der Waals surface area contributed by atoms with Crippen LogP contribution in [0.4, 0.5) is 14.9 Å². The van der Waals surface area contributed by atoms with E-state index in [0.717, 1.165) is 11.3 Å². The molecule has 0 saturated heterocycles. The van der Waals surface area contributed by atoms with Crippen LogP contribution in [0.3, 0.4) is 0 Å². The number of anilines is 1. The summed E-state index contributed by atoms with van der Waals surface area (Å²) in [6.45, 7) is 0.159. The number of hydrogen-bond acceptors (Lipinski definition) is 2. The molecule has 112 valence electrons. The van der Waals surface area contributed by atoms with Crippen molar-refractivity contribution < 1.29 is 13.9 Å². The number of nitrogens with one attached hydrogen (secondary N) is 2. The van der Waals surface area contributed by atoms with Crippen LogP contribution in [-0.2, 0) is 0 Å². The van der Waals surface area contributed by atoms with Gasteiger partial charge in [0.1, 0.15) is 11.6 Å². The minimum absolute atomic E-state index is 0.128. The lowest BCUT2D eigenvalue weighted by molar-refractivity contribution is 0.253. The Bertz CT molecular complexity index is 703. The molecule has 2 amide bonds. The van der Waals surface area contributed by atoms with E-state index in [4.69, 9.17) is 4.74 Å². The molecule has 0 saturated carbocycles. The first-order valence-corrected chi connectivity index (χ1v) is 6.61. The minimum Gasteiger partial charge on any atom is -0.497 e. The van der Waals surface area contributed by atoms with E-state index in [-0.39, 0.29) is 12.2 Å². The van der Waals surface area contributed by atoms with Gasteiger partial charge in [-0.3, -0.25) is 0 Å². The van der Waals surface area contributed by atoms with Gasteiger partial charge >= 0.3 is 6.03 Å². The van der Waals surface area contributed by atoms with E-state index >= 15 is 0 Å². The van der Waals surface area contributed by atoms with Crippen molar-refractivity contribution in [2.75, 3.05) is 19.0 Å². The van der Waals surface area contributed by atoms with Crippen LogP contribution in [0.2, 0.25) is 0 Å². The maximum atomic E-state index is 13.3. The maximum Gasteiger partial charge on any atom is 0.320 e. The third kappa shape index (κ3) is 4.53. The predicted molar refractivity (Wildman–Crippen MR) is 83.3 cm³/mol. The highest BCUT2D eigenvalue weighted by Gasteiger charge is 2.03. The van der Waals surface area contributed by atoms with Crippen molar-refractivity contribution in [1.82, 2.24) is 5.32 Å². The van der Waals surface area contributed by atoms with Crippen molar-refractivity contribution >= 4 is 11.7 Å². The topological polar surface area (TPSA) is 50.4 Å². The van der Waals surface area contributed by atoms with Gasteiger partial charge in [0.05, 0.1) is 19.3 Å². The molecule has 0 heterocycles. The van der Waals surface area contributed by atoms with Crippen molar-refractivity contribution in [2.24, 2.45) is 0 Å². The van der Waals surface area contributed by atoms with Gasteiger partial charge in [0, 0.05) is 5.56 Å². The highest BCUT2D eigenvalue weighted by Crippen LogP contribution is 2.12. The van der Waals surface area contributed by atoms with Crippen LogP contribution in [0.15, 0.2) is 48.5 Å². The fourth-order valence-electron chi connectivity index (χ4n) is 1.67. The van der Waals surface area contributed by atoms with Crippen LogP contribution < -0.4 is 15.4 Å². The molecule has 2 N–H and O–H groups in total. The van der Waals surface area contributed by atoms with Gasteiger partial charge in [0.15, 0.2) is 0 Å². The molecule has 5 heteroatoms. The van der Waals surface area contributed by atoms with Crippen LogP contribution in [0.25, 0.3) is 0 Å². The van der Waals surface area contributed by atoms with Gasteiger partial charge in [0.2, 0.25) is 0 Å². The predicted octanol–water partition coefficient (Wildman–Crippen LogP) is 3.01. The summed E-state index contributed by atoms with van der Waals surface area (Å²) in [5, 5.41) is 4.95. The Kier molecular flexibility index (Phi) is 5.38. The standard InChI is InChI=1S/C17H15FN2O2/c1-22-14-10-8-13(9-11-14)5-4-12-19-17(21)20-16-7-3-2-6-15(16)18/h2-3,6-11H,12H2,1H3,(H2,19,20,21). The zero-order valence-electron chi connectivity index (χ0n) is 12.0. The fourth-order valence-corrected chi connectivity index (χ4v) is 1.67. The van der Waals surface area contributed by atoms with Gasteiger partial charge in [-0.2, -0.15) is 0 Å². The Hall–Kier alpha value is -3.00. The number of carbonyl (C=O) groups is 1. The molecular weight excluding hydrogens is 283 g/mol. The molecule has 2 aromatic rings. The lowest BCUT2D eigenvalue weighted by Crippen LogP contribution is -2.29. The van der Waals surface area contributed by atoms with E-state index in [1.54, 1.807) is 19.2 Å². The summed E-state index contributed by atoms with van der Waals surface area (Å²) in [5.74, 6) is 5.99. The van der Waals surface area contributed by atoms with Crippen LogP contribution >= 0.6 is 0 Å². The summed E-state index contributed by atoms with van der Waals surface area (Å²) in [4.78, 5) is 11.6. The summed E-state index contributed by atoms with van der Waals surface area (Å²) >= 11 is 0. The molecule has 0 aromatic heterocycles. The first-order chi connectivity index (χ1) is 10.7. The van der Waals surface area contributed by atoms with Gasteiger partial charge in [-0.15, -0.1) is 0 Å². The summed E-state index contributed by atoms with van der Waals surface area (Å²) in [6.07, 6.45) is 0. The van der Waals surface area contributed by atoms with Crippen LogP contribution in [-0.4, -0.2) is 19.7 Å². The normalized spacial score (nSPS) is 9.36. The van der Waals surface area contributed by atoms with E-state index in [1.165, 1.54) is 12.1 Å². The summed E-state index contributed by atoms with van der Waals surface area (Å²) < 4.78 is 18.4. The first-order valence-electron chi connectivity index (χ1n) is 6.61. The number of halogens is 1. The van der Waals surface area contributed by atoms with Gasteiger partial charge in [-0.05, 0) is 36.4 Å². The van der Waals surface area contributed by atoms with Gasteiger partial charge < -0.3 is 15.4 Å². The molecule has 0 aliphatic carbocycles. The number of rotatable bonds is 3. The van der Waals surface area contributed by atoms with E-state index < -0.39 is 11.8 Å². The smallest absolute Gasteiger partial charge is 0.320 e. The highest BCUT2D eigenvalue weighted by molar-refractivity contribution is 5.89. The lowest BCUT2D eigenvalue weighted by Gasteiger charge is -2.05. The first kappa shape index (κ1) is 15.4. The van der Waals surface area contributed by atoms with Gasteiger partial charge in [-0.25, -0.2) is 9.18 Å². The monoisotopic (exact) mass is 298 g/mol. The fraction of sp³-hybridized carbons (Fsp3) is 0.118. The second-order valence-corrected chi connectivity index (χ2v) is 4.32. The number of methoxy groups -OCH3 is 1. The summed E-state index contributed by atoms with van der Waals surface area (Å²) in [7, 11) is 1.60. The SMILES string of the molecule is COc1ccc(C#CCNC(=O)Nc2ccccc2F)cc1. The van der Waals surface area contributed by atoms with E-state index in [2.05, 4.69) is 22.5 Å². The number of ether oxygens (including phenoxy) is 1. The number of para-hydroxylation sites is 1. The van der Waals surface area contributed by atoms with Crippen LogP contribution in [0.1, 0.15) is 5.56 Å². The van der Waals surface area contributed by atoms with Crippen LogP contribution in [0, 0.1) is 17.7 Å². The molecule has 0 spiro atoms. The van der Waals surface area contributed by atoms with Crippen molar-refractivity contribution in [3.8, 4) is 17.6 Å². The minimum atomic E-state index is -0.505. The molecule has 0 aliphatic heterocycles. The Morgan fingerprint density at radius 1 is 1.18 bits per heavy atom. The van der Waals surface area contributed by atoms with Crippen LogP contribution in [0.5, 0.6) is 5.75 Å². The molecule has 22 heavy (non-hydrogen) atoms. The van der Waals surface area contributed by atoms with E-state index in [1.807, 2.05) is 24.3 Å². The quantitative estimate of drug-likeness (QED) is 0.856.